The van der Waals surface area contributed by atoms with Gasteiger partial charge in [-0.25, -0.2) is 8.42 Å². The molecular weight excluding hydrogens is 458 g/mol. The van der Waals surface area contributed by atoms with Crippen LogP contribution in [0.5, 0.6) is 11.5 Å². The highest BCUT2D eigenvalue weighted by Gasteiger charge is 2.36. The lowest BCUT2D eigenvalue weighted by molar-refractivity contribution is -0.123. The molecule has 182 valence electrons. The molecule has 0 radical (unpaired) electrons. The van der Waals surface area contributed by atoms with Crippen LogP contribution in [0.25, 0.3) is 0 Å². The molecule has 0 bridgehead atoms. The molecule has 0 aromatic heterocycles. The lowest BCUT2D eigenvalue weighted by Crippen LogP contribution is -2.44. The molecule has 0 spiro atoms. The summed E-state index contributed by atoms with van der Waals surface area (Å²) in [6.45, 7) is 3.94. The second kappa shape index (κ2) is 9.63. The van der Waals surface area contributed by atoms with E-state index < -0.39 is 22.0 Å². The predicted octanol–water partition coefficient (Wildman–Crippen LogP) is 3.15. The van der Waals surface area contributed by atoms with E-state index >= 15 is 0 Å². The minimum atomic E-state index is -3.87. The Kier molecular flexibility index (Phi) is 6.81. The third-order valence-corrected chi connectivity index (χ3v) is 8.20. The number of carbonyl (C=O) groups excluding carboxylic acids is 2. The van der Waals surface area contributed by atoms with E-state index in [1.807, 2.05) is 6.92 Å². The number of piperidine rings is 1. The van der Waals surface area contributed by atoms with E-state index in [-0.39, 0.29) is 23.3 Å². The number of fused-ring (bicyclic) bond motifs is 1. The molecule has 0 saturated carbocycles. The fraction of sp³-hybridized carbons (Fsp3) is 0.417. The number of rotatable bonds is 6. The average Bonchev–Trinajstić information content (AvgIpc) is 2.83. The second-order valence-corrected chi connectivity index (χ2v) is 10.4. The number of hydrogen-bond donors (Lipinski definition) is 2. The van der Waals surface area contributed by atoms with E-state index in [2.05, 4.69) is 10.6 Å². The molecule has 2 atom stereocenters. The maximum absolute atomic E-state index is 13.5. The van der Waals surface area contributed by atoms with E-state index in [0.29, 0.717) is 54.2 Å². The number of ether oxygens (including phenoxy) is 2. The van der Waals surface area contributed by atoms with Gasteiger partial charge in [-0.15, -0.1) is 0 Å². The van der Waals surface area contributed by atoms with Crippen molar-refractivity contribution >= 4 is 33.2 Å². The van der Waals surface area contributed by atoms with Crippen molar-refractivity contribution in [1.82, 2.24) is 4.31 Å². The first-order chi connectivity index (χ1) is 16.2. The zero-order valence-corrected chi connectivity index (χ0v) is 20.3. The van der Waals surface area contributed by atoms with Crippen LogP contribution in [0.4, 0.5) is 11.4 Å². The van der Waals surface area contributed by atoms with Crippen LogP contribution in [0.1, 0.15) is 31.7 Å². The van der Waals surface area contributed by atoms with Gasteiger partial charge in [0.15, 0.2) is 6.10 Å². The van der Waals surface area contributed by atoms with Gasteiger partial charge in [0.1, 0.15) is 11.5 Å². The number of anilines is 2. The van der Waals surface area contributed by atoms with Gasteiger partial charge in [0.25, 0.3) is 5.91 Å². The number of nitrogens with zero attached hydrogens (tertiary/aromatic N) is 1. The Balaban J connectivity index is 1.52. The summed E-state index contributed by atoms with van der Waals surface area (Å²) < 4.78 is 39.3. The summed E-state index contributed by atoms with van der Waals surface area (Å²) in [5.74, 6) is 0.0861. The van der Waals surface area contributed by atoms with E-state index in [0.717, 1.165) is 0 Å². The van der Waals surface area contributed by atoms with Crippen molar-refractivity contribution < 1.29 is 27.5 Å². The van der Waals surface area contributed by atoms with Crippen LogP contribution in [0.15, 0.2) is 41.3 Å². The van der Waals surface area contributed by atoms with Gasteiger partial charge in [-0.2, -0.15) is 4.31 Å². The lowest BCUT2D eigenvalue weighted by atomic mass is 9.99. The van der Waals surface area contributed by atoms with Crippen molar-refractivity contribution in [2.24, 2.45) is 5.92 Å². The highest BCUT2D eigenvalue weighted by atomic mass is 32.2. The van der Waals surface area contributed by atoms with Crippen LogP contribution in [-0.4, -0.2) is 50.8 Å². The van der Waals surface area contributed by atoms with Gasteiger partial charge in [-0.1, -0.05) is 6.92 Å². The Labute approximate surface area is 199 Å². The molecule has 2 heterocycles. The molecule has 2 aliphatic rings. The van der Waals surface area contributed by atoms with Crippen LogP contribution in [0.2, 0.25) is 0 Å². The molecule has 2 aliphatic heterocycles. The number of amides is 2. The maximum Gasteiger partial charge on any atom is 0.265 e. The first-order valence-electron chi connectivity index (χ1n) is 11.3. The summed E-state index contributed by atoms with van der Waals surface area (Å²) in [4.78, 5) is 25.1. The van der Waals surface area contributed by atoms with E-state index in [1.54, 1.807) is 44.4 Å². The summed E-state index contributed by atoms with van der Waals surface area (Å²) in [5.41, 5.74) is 1.59. The summed E-state index contributed by atoms with van der Waals surface area (Å²) in [5, 5.41) is 5.65. The molecule has 1 fully saturated rings. The third-order valence-electron chi connectivity index (χ3n) is 6.20. The quantitative estimate of drug-likeness (QED) is 0.647. The van der Waals surface area contributed by atoms with Gasteiger partial charge in [-0.3, -0.25) is 9.59 Å². The zero-order valence-electron chi connectivity index (χ0n) is 19.5. The summed E-state index contributed by atoms with van der Waals surface area (Å²) in [6.07, 6.45) is 0.990. The fourth-order valence-corrected chi connectivity index (χ4v) is 6.01. The highest BCUT2D eigenvalue weighted by Crippen LogP contribution is 2.36. The van der Waals surface area contributed by atoms with Gasteiger partial charge >= 0.3 is 0 Å². The minimum absolute atomic E-state index is 0.0933. The van der Waals surface area contributed by atoms with Crippen molar-refractivity contribution in [1.29, 1.82) is 0 Å². The molecule has 10 heteroatoms. The largest absolute Gasteiger partial charge is 0.497 e. The highest BCUT2D eigenvalue weighted by molar-refractivity contribution is 7.89. The van der Waals surface area contributed by atoms with E-state index in [1.165, 1.54) is 10.4 Å². The maximum atomic E-state index is 13.5. The lowest BCUT2D eigenvalue weighted by Gasteiger charge is -2.32. The third kappa shape index (κ3) is 4.74. The summed E-state index contributed by atoms with van der Waals surface area (Å²) in [6, 6.07) is 10.1. The summed E-state index contributed by atoms with van der Waals surface area (Å²) >= 11 is 0. The molecule has 0 aliphatic carbocycles. The standard InChI is InChI=1S/C24H29N3O6S/c1-4-20-24(29)26-19-12-15(2)22(13-21(19)33-20)34(30,31)27-11-5-6-16(14-27)23(28)25-17-7-9-18(32-3)10-8-17/h7-10,12-13,16,20H,4-6,11,14H2,1-3H3,(H,25,28)(H,26,29). The second-order valence-electron chi connectivity index (χ2n) is 8.54. The van der Waals surface area contributed by atoms with Crippen molar-refractivity contribution in [3.05, 3.63) is 42.0 Å². The predicted molar refractivity (Wildman–Crippen MR) is 128 cm³/mol. The number of carbonyl (C=O) groups is 2. The van der Waals surface area contributed by atoms with Gasteiger partial charge in [-0.05, 0) is 62.1 Å². The SMILES string of the molecule is CCC1Oc2cc(S(=O)(=O)N3CCCC(C(=O)Nc4ccc(OC)cc4)C3)c(C)cc2NC1=O. The van der Waals surface area contributed by atoms with Crippen LogP contribution in [0.3, 0.4) is 0 Å². The number of benzene rings is 2. The smallest absolute Gasteiger partial charge is 0.265 e. The van der Waals surface area contributed by atoms with Gasteiger partial charge < -0.3 is 20.1 Å². The monoisotopic (exact) mass is 487 g/mol. The molecule has 34 heavy (non-hydrogen) atoms. The summed E-state index contributed by atoms with van der Waals surface area (Å²) in [7, 11) is -2.30. The Morgan fingerprint density at radius 3 is 2.68 bits per heavy atom. The number of aryl methyl sites for hydroxylation is 1. The molecule has 9 nitrogen and oxygen atoms in total. The van der Waals surface area contributed by atoms with Crippen LogP contribution in [-0.2, 0) is 19.6 Å². The van der Waals surface area contributed by atoms with Crippen molar-refractivity contribution in [3.63, 3.8) is 0 Å². The molecule has 2 aromatic rings. The van der Waals surface area contributed by atoms with Crippen LogP contribution >= 0.6 is 0 Å². The first kappa shape index (κ1) is 24.0. The Bertz CT molecular complexity index is 1200. The zero-order chi connectivity index (χ0) is 24.5. The number of hydrogen-bond acceptors (Lipinski definition) is 6. The van der Waals surface area contributed by atoms with Gasteiger partial charge in [0.05, 0.1) is 23.6 Å². The molecular formula is C24H29N3O6S. The fourth-order valence-electron chi connectivity index (χ4n) is 4.26. The average molecular weight is 488 g/mol. The molecule has 2 unspecified atom stereocenters. The first-order valence-corrected chi connectivity index (χ1v) is 12.7. The van der Waals surface area contributed by atoms with Crippen molar-refractivity contribution in [2.45, 2.75) is 44.1 Å². The van der Waals surface area contributed by atoms with Gasteiger partial charge in [0, 0.05) is 24.8 Å². The molecule has 4 rings (SSSR count). The Morgan fingerprint density at radius 2 is 2.00 bits per heavy atom. The Morgan fingerprint density at radius 1 is 1.26 bits per heavy atom. The van der Waals surface area contributed by atoms with E-state index in [4.69, 9.17) is 9.47 Å². The van der Waals surface area contributed by atoms with Crippen LogP contribution in [0, 0.1) is 12.8 Å². The van der Waals surface area contributed by atoms with E-state index in [9.17, 15) is 18.0 Å². The van der Waals surface area contributed by atoms with Crippen molar-refractivity contribution in [2.75, 3.05) is 30.8 Å². The Hall–Kier alpha value is -3.11. The van der Waals surface area contributed by atoms with Crippen molar-refractivity contribution in [3.8, 4) is 11.5 Å². The molecule has 2 N–H and O–H groups in total. The molecule has 1 saturated heterocycles. The molecule has 2 amide bonds. The number of nitrogens with one attached hydrogen (secondary N) is 2. The van der Waals surface area contributed by atoms with Gasteiger partial charge in [0.2, 0.25) is 15.9 Å². The molecule has 2 aromatic carbocycles. The number of sulfonamides is 1. The number of methoxy groups -OCH3 is 1. The van der Waals surface area contributed by atoms with Crippen LogP contribution < -0.4 is 20.1 Å². The normalized spacial score (nSPS) is 20.6. The minimum Gasteiger partial charge on any atom is -0.497 e. The topological polar surface area (TPSA) is 114 Å².